The van der Waals surface area contributed by atoms with Crippen LogP contribution in [0.25, 0.3) is 11.3 Å². The molecule has 1 aromatic carbocycles. The molecule has 2 saturated heterocycles. The number of benzene rings is 1. The fraction of sp³-hybridized carbons (Fsp3) is 0.400. The van der Waals surface area contributed by atoms with Crippen LogP contribution in [0.1, 0.15) is 29.6 Å². The smallest absolute Gasteiger partial charge is 0.261 e. The number of aromatic nitrogens is 1. The first-order chi connectivity index (χ1) is 16.9. The number of hydrogen-bond donors (Lipinski definition) is 1. The van der Waals surface area contributed by atoms with Crippen LogP contribution in [0.3, 0.4) is 0 Å². The third kappa shape index (κ3) is 4.07. The number of ether oxygens (including phenoxy) is 1. The fourth-order valence-electron chi connectivity index (χ4n) is 5.02. The zero-order valence-corrected chi connectivity index (χ0v) is 19.9. The van der Waals surface area contributed by atoms with Gasteiger partial charge >= 0.3 is 0 Å². The highest BCUT2D eigenvalue weighted by atomic mass is 35.5. The lowest BCUT2D eigenvalue weighted by Gasteiger charge is -2.39. The van der Waals surface area contributed by atoms with Crippen molar-refractivity contribution in [3.05, 3.63) is 47.3 Å². The number of phenolic OH excluding ortho intramolecular Hbond substituents is 1. The average Bonchev–Trinajstić information content (AvgIpc) is 3.02. The van der Waals surface area contributed by atoms with E-state index < -0.39 is 5.82 Å². The number of fused-ring (bicyclic) bond motifs is 2. The van der Waals surface area contributed by atoms with Crippen LogP contribution in [-0.4, -0.2) is 77.1 Å². The molecule has 0 bridgehead atoms. The summed E-state index contributed by atoms with van der Waals surface area (Å²) in [5.74, 6) is -0.977. The Morgan fingerprint density at radius 2 is 1.97 bits per heavy atom. The SMILES string of the molecule is C=CC(=O)N1CCN2C(=O)c3c(N4CCCCC4)nc(-c4c(O)cccc4F)c(Cl)c3OC[C@H]2C1. The van der Waals surface area contributed by atoms with E-state index in [1.54, 1.807) is 9.80 Å². The van der Waals surface area contributed by atoms with E-state index in [2.05, 4.69) is 11.6 Å². The van der Waals surface area contributed by atoms with Crippen LogP contribution in [-0.2, 0) is 4.79 Å². The van der Waals surface area contributed by atoms with Crippen molar-refractivity contribution in [2.24, 2.45) is 0 Å². The molecule has 3 aliphatic heterocycles. The van der Waals surface area contributed by atoms with Gasteiger partial charge in [-0.15, -0.1) is 0 Å². The van der Waals surface area contributed by atoms with E-state index in [0.29, 0.717) is 38.5 Å². The number of nitrogens with zero attached hydrogens (tertiary/aromatic N) is 4. The third-order valence-corrected chi connectivity index (χ3v) is 7.17. The first-order valence-corrected chi connectivity index (χ1v) is 12.1. The Kier molecular flexibility index (Phi) is 6.27. The molecular formula is C25H26ClFN4O4. The van der Waals surface area contributed by atoms with Crippen LogP contribution in [0.2, 0.25) is 5.02 Å². The van der Waals surface area contributed by atoms with Gasteiger partial charge in [0.25, 0.3) is 5.91 Å². The lowest BCUT2D eigenvalue weighted by molar-refractivity contribution is -0.128. The number of aromatic hydroxyl groups is 1. The summed E-state index contributed by atoms with van der Waals surface area (Å²) in [7, 11) is 0. The maximum Gasteiger partial charge on any atom is 0.261 e. The summed E-state index contributed by atoms with van der Waals surface area (Å²) in [5, 5.41) is 10.4. The summed E-state index contributed by atoms with van der Waals surface area (Å²) >= 11 is 6.72. The highest BCUT2D eigenvalue weighted by molar-refractivity contribution is 6.35. The van der Waals surface area contributed by atoms with Gasteiger partial charge in [-0.1, -0.05) is 24.2 Å². The largest absolute Gasteiger partial charge is 0.507 e. The summed E-state index contributed by atoms with van der Waals surface area (Å²) in [6.07, 6.45) is 4.18. The minimum absolute atomic E-state index is 0.0257. The van der Waals surface area contributed by atoms with Crippen molar-refractivity contribution in [1.29, 1.82) is 0 Å². The van der Waals surface area contributed by atoms with Gasteiger partial charge in [-0.3, -0.25) is 9.59 Å². The monoisotopic (exact) mass is 500 g/mol. The Balaban J connectivity index is 1.65. The van der Waals surface area contributed by atoms with E-state index in [9.17, 15) is 19.1 Å². The molecule has 0 saturated carbocycles. The number of phenols is 1. The van der Waals surface area contributed by atoms with E-state index >= 15 is 0 Å². The van der Waals surface area contributed by atoms with Crippen molar-refractivity contribution in [1.82, 2.24) is 14.8 Å². The molecule has 2 amide bonds. The predicted octanol–water partition coefficient (Wildman–Crippen LogP) is 3.47. The topological polar surface area (TPSA) is 86.2 Å². The molecule has 2 aromatic rings. The number of anilines is 1. The highest BCUT2D eigenvalue weighted by Gasteiger charge is 2.40. The van der Waals surface area contributed by atoms with E-state index in [4.69, 9.17) is 16.3 Å². The van der Waals surface area contributed by atoms with Crippen LogP contribution in [0.5, 0.6) is 11.5 Å². The van der Waals surface area contributed by atoms with E-state index in [1.807, 2.05) is 4.90 Å². The van der Waals surface area contributed by atoms with Crippen molar-refractivity contribution in [3.63, 3.8) is 0 Å². The van der Waals surface area contributed by atoms with Crippen molar-refractivity contribution >= 4 is 29.2 Å². The maximum atomic E-state index is 14.8. The molecule has 0 spiro atoms. The summed E-state index contributed by atoms with van der Waals surface area (Å²) in [6.45, 7) is 6.03. The number of piperazine rings is 1. The molecule has 2 fully saturated rings. The quantitative estimate of drug-likeness (QED) is 0.649. The molecule has 1 N–H and O–H groups in total. The zero-order valence-electron chi connectivity index (χ0n) is 19.2. The standard InChI is InChI=1S/C25H26ClFN4O4/c1-2-18(33)30-11-12-31-15(13-30)14-35-23-20(25(31)34)24(29-9-4-3-5-10-29)28-22(21(23)26)19-16(27)7-6-8-17(19)32/h2,6-8,15,32H,1,3-5,9-14H2/t15-/m1/s1. The molecule has 1 aromatic heterocycles. The van der Waals surface area contributed by atoms with Gasteiger partial charge in [0.1, 0.15) is 40.3 Å². The molecule has 35 heavy (non-hydrogen) atoms. The van der Waals surface area contributed by atoms with Crippen LogP contribution in [0.15, 0.2) is 30.9 Å². The predicted molar refractivity (Wildman–Crippen MR) is 129 cm³/mol. The highest BCUT2D eigenvalue weighted by Crippen LogP contribution is 2.46. The van der Waals surface area contributed by atoms with Gasteiger partial charge in [0.2, 0.25) is 5.91 Å². The molecule has 0 radical (unpaired) electrons. The van der Waals surface area contributed by atoms with Gasteiger partial charge in [-0.05, 0) is 37.5 Å². The zero-order chi connectivity index (χ0) is 24.7. The van der Waals surface area contributed by atoms with Crippen molar-refractivity contribution in [2.75, 3.05) is 44.2 Å². The Hall–Kier alpha value is -3.33. The molecule has 0 aliphatic carbocycles. The molecule has 10 heteroatoms. The van der Waals surface area contributed by atoms with Crippen LogP contribution >= 0.6 is 11.6 Å². The molecule has 184 valence electrons. The molecule has 0 unspecified atom stereocenters. The minimum atomic E-state index is -0.681. The second kappa shape index (κ2) is 9.37. The molecule has 4 heterocycles. The number of halogens is 2. The van der Waals surface area contributed by atoms with E-state index in [-0.39, 0.29) is 57.8 Å². The average molecular weight is 501 g/mol. The van der Waals surface area contributed by atoms with Crippen LogP contribution in [0.4, 0.5) is 10.2 Å². The Morgan fingerprint density at radius 1 is 1.20 bits per heavy atom. The van der Waals surface area contributed by atoms with E-state index in [0.717, 1.165) is 19.3 Å². The number of pyridine rings is 1. The molecule has 5 rings (SSSR count). The number of piperidine rings is 1. The second-order valence-corrected chi connectivity index (χ2v) is 9.31. The van der Waals surface area contributed by atoms with Gasteiger partial charge in [-0.2, -0.15) is 0 Å². The first-order valence-electron chi connectivity index (χ1n) is 11.7. The summed E-state index contributed by atoms with van der Waals surface area (Å²) in [4.78, 5) is 36.1. The van der Waals surface area contributed by atoms with Crippen molar-refractivity contribution in [3.8, 4) is 22.8 Å². The molecular weight excluding hydrogens is 475 g/mol. The summed E-state index contributed by atoms with van der Waals surface area (Å²) < 4.78 is 21.0. The molecule has 3 aliphatic rings. The number of rotatable bonds is 3. The number of amides is 2. The van der Waals surface area contributed by atoms with Gasteiger partial charge in [0.05, 0.1) is 11.6 Å². The summed E-state index contributed by atoms with van der Waals surface area (Å²) in [6, 6.07) is 3.59. The summed E-state index contributed by atoms with van der Waals surface area (Å²) in [5.41, 5.74) is 0.125. The second-order valence-electron chi connectivity index (χ2n) is 8.94. The normalized spacial score (nSPS) is 20.0. The lowest BCUT2D eigenvalue weighted by Crippen LogP contribution is -2.57. The number of carbonyl (C=O) groups excluding carboxylic acids is 2. The lowest BCUT2D eigenvalue weighted by atomic mass is 10.0. The van der Waals surface area contributed by atoms with Gasteiger partial charge in [-0.25, -0.2) is 9.37 Å². The van der Waals surface area contributed by atoms with Gasteiger partial charge in [0, 0.05) is 32.7 Å². The Morgan fingerprint density at radius 3 is 2.69 bits per heavy atom. The molecule has 1 atom stereocenters. The Bertz CT molecular complexity index is 1180. The van der Waals surface area contributed by atoms with Crippen LogP contribution < -0.4 is 9.64 Å². The van der Waals surface area contributed by atoms with Crippen molar-refractivity contribution < 1.29 is 23.8 Å². The first kappa shape index (κ1) is 23.4. The third-order valence-electron chi connectivity index (χ3n) is 6.82. The van der Waals surface area contributed by atoms with Crippen LogP contribution in [0, 0.1) is 5.82 Å². The minimum Gasteiger partial charge on any atom is -0.507 e. The number of hydrogen-bond acceptors (Lipinski definition) is 6. The van der Waals surface area contributed by atoms with Gasteiger partial charge < -0.3 is 24.5 Å². The molecule has 8 nitrogen and oxygen atoms in total. The maximum absolute atomic E-state index is 14.8. The van der Waals surface area contributed by atoms with E-state index in [1.165, 1.54) is 24.3 Å². The van der Waals surface area contributed by atoms with Gasteiger partial charge in [0.15, 0.2) is 5.75 Å². The van der Waals surface area contributed by atoms with Crippen molar-refractivity contribution in [2.45, 2.75) is 25.3 Å². The number of carbonyl (C=O) groups is 2. The Labute approximate surface area is 207 Å². The fourth-order valence-corrected chi connectivity index (χ4v) is 5.31.